The molecule has 30 heavy (non-hydrogen) atoms. The lowest BCUT2D eigenvalue weighted by Crippen LogP contribution is -2.34. The topological polar surface area (TPSA) is 90.5 Å². The maximum atomic E-state index is 13.1. The smallest absolute Gasteiger partial charge is 0.293 e. The number of hydrogen-bond donors (Lipinski definition) is 1. The van der Waals surface area contributed by atoms with Gasteiger partial charge in [-0.05, 0) is 48.0 Å². The highest BCUT2D eigenvalue weighted by atomic mass is 19.1. The molecule has 0 bridgehead atoms. The number of amides is 1. The first-order valence-electron chi connectivity index (χ1n) is 9.14. The molecular weight excluding hydrogens is 389 g/mol. The highest BCUT2D eigenvalue weighted by molar-refractivity contribution is 5.75. The van der Waals surface area contributed by atoms with E-state index in [9.17, 15) is 14.0 Å². The van der Waals surface area contributed by atoms with Crippen molar-refractivity contribution in [3.8, 4) is 17.0 Å². The quantitative estimate of drug-likeness (QED) is 0.528. The molecule has 4 rings (SSSR count). The first-order chi connectivity index (χ1) is 14.5. The molecule has 0 atom stereocenters. The summed E-state index contributed by atoms with van der Waals surface area (Å²) in [5, 5.41) is 11.1. The molecule has 0 aliphatic carbocycles. The van der Waals surface area contributed by atoms with Crippen molar-refractivity contribution in [1.82, 2.24) is 24.7 Å². The second-order valence-electron chi connectivity index (χ2n) is 6.59. The largest absolute Gasteiger partial charge is 0.497 e. The zero-order valence-corrected chi connectivity index (χ0v) is 16.1. The Kier molecular flexibility index (Phi) is 5.25. The number of methoxy groups -OCH3 is 1. The third-order valence-corrected chi connectivity index (χ3v) is 4.55. The van der Waals surface area contributed by atoms with E-state index < -0.39 is 5.56 Å². The third-order valence-electron chi connectivity index (χ3n) is 4.55. The summed E-state index contributed by atoms with van der Waals surface area (Å²) in [6, 6.07) is 14.7. The molecule has 0 saturated carbocycles. The summed E-state index contributed by atoms with van der Waals surface area (Å²) in [6.45, 7) is 0.0742. The Hall–Kier alpha value is -4.01. The molecule has 4 aromatic rings. The van der Waals surface area contributed by atoms with Crippen molar-refractivity contribution < 1.29 is 13.9 Å². The minimum atomic E-state index is -0.449. The highest BCUT2D eigenvalue weighted by Gasteiger charge is 2.12. The predicted octanol–water partition coefficient (Wildman–Crippen LogP) is 2.02. The molecule has 2 aromatic heterocycles. The van der Waals surface area contributed by atoms with E-state index in [1.807, 2.05) is 24.3 Å². The van der Waals surface area contributed by atoms with Crippen LogP contribution in [0.5, 0.6) is 5.75 Å². The van der Waals surface area contributed by atoms with Gasteiger partial charge in [0.15, 0.2) is 0 Å². The number of carbonyl (C=O) groups is 1. The van der Waals surface area contributed by atoms with Gasteiger partial charge in [-0.3, -0.25) is 9.59 Å². The van der Waals surface area contributed by atoms with E-state index in [-0.39, 0.29) is 23.8 Å². The average Bonchev–Trinajstić information content (AvgIpc) is 3.20. The number of halogens is 1. The van der Waals surface area contributed by atoms with Crippen molar-refractivity contribution >= 4 is 11.4 Å². The molecule has 152 valence electrons. The van der Waals surface area contributed by atoms with Crippen molar-refractivity contribution in [3.05, 3.63) is 82.7 Å². The van der Waals surface area contributed by atoms with Crippen LogP contribution >= 0.6 is 0 Å². The van der Waals surface area contributed by atoms with Crippen LogP contribution in [0.1, 0.15) is 5.56 Å². The fourth-order valence-electron chi connectivity index (χ4n) is 2.99. The van der Waals surface area contributed by atoms with Gasteiger partial charge in [0.25, 0.3) is 5.56 Å². The van der Waals surface area contributed by atoms with Crippen molar-refractivity contribution in [2.45, 2.75) is 13.1 Å². The SMILES string of the molecule is COc1cccc(CNC(=O)Cn2ncn3nc(-c4ccc(F)cc4)cc3c2=O)c1. The maximum absolute atomic E-state index is 13.1. The lowest BCUT2D eigenvalue weighted by molar-refractivity contribution is -0.122. The van der Waals surface area contributed by atoms with Gasteiger partial charge in [0, 0.05) is 12.1 Å². The van der Waals surface area contributed by atoms with E-state index in [1.165, 1.54) is 23.0 Å². The van der Waals surface area contributed by atoms with Gasteiger partial charge in [-0.25, -0.2) is 13.6 Å². The van der Waals surface area contributed by atoms with Crippen LogP contribution in [0.2, 0.25) is 0 Å². The number of carbonyl (C=O) groups excluding carboxylic acids is 1. The molecule has 9 heteroatoms. The Balaban J connectivity index is 1.50. The number of benzene rings is 2. The second kappa shape index (κ2) is 8.16. The van der Waals surface area contributed by atoms with E-state index in [1.54, 1.807) is 25.3 Å². The Morgan fingerprint density at radius 1 is 1.17 bits per heavy atom. The van der Waals surface area contributed by atoms with Crippen molar-refractivity contribution in [2.75, 3.05) is 7.11 Å². The molecule has 0 aliphatic rings. The number of nitrogens with zero attached hydrogens (tertiary/aromatic N) is 4. The Labute approximate surface area is 170 Å². The monoisotopic (exact) mass is 407 g/mol. The van der Waals surface area contributed by atoms with Crippen LogP contribution in [-0.4, -0.2) is 32.4 Å². The summed E-state index contributed by atoms with van der Waals surface area (Å²) in [4.78, 5) is 25.0. The number of ether oxygens (including phenoxy) is 1. The molecular formula is C21H18FN5O3. The summed E-state index contributed by atoms with van der Waals surface area (Å²) in [6.07, 6.45) is 1.36. The standard InChI is InChI=1S/C21H18FN5O3/c1-30-17-4-2-3-14(9-17)11-23-20(28)12-26-21(29)19-10-18(25-27(19)13-24-26)15-5-7-16(22)8-6-15/h2-10,13H,11-12H2,1H3,(H,23,28). The van der Waals surface area contributed by atoms with E-state index >= 15 is 0 Å². The summed E-state index contributed by atoms with van der Waals surface area (Å²) in [5.74, 6) is -0.00989. The average molecular weight is 407 g/mol. The number of hydrogen-bond acceptors (Lipinski definition) is 5. The first-order valence-corrected chi connectivity index (χ1v) is 9.14. The van der Waals surface area contributed by atoms with Gasteiger partial charge < -0.3 is 10.1 Å². The summed E-state index contributed by atoms with van der Waals surface area (Å²) in [7, 11) is 1.57. The van der Waals surface area contributed by atoms with Gasteiger partial charge in [0.2, 0.25) is 5.91 Å². The molecule has 8 nitrogen and oxygen atoms in total. The lowest BCUT2D eigenvalue weighted by atomic mass is 10.1. The minimum Gasteiger partial charge on any atom is -0.497 e. The minimum absolute atomic E-state index is 0.226. The van der Waals surface area contributed by atoms with Crippen LogP contribution in [0, 0.1) is 5.82 Å². The van der Waals surface area contributed by atoms with E-state index in [0.29, 0.717) is 23.6 Å². The maximum Gasteiger partial charge on any atom is 0.293 e. The molecule has 0 fully saturated rings. The molecule has 0 aliphatic heterocycles. The fraction of sp³-hybridized carbons (Fsp3) is 0.143. The van der Waals surface area contributed by atoms with Gasteiger partial charge in [-0.15, -0.1) is 0 Å². The van der Waals surface area contributed by atoms with Gasteiger partial charge in [-0.2, -0.15) is 10.2 Å². The van der Waals surface area contributed by atoms with Gasteiger partial charge in [0.1, 0.15) is 30.0 Å². The molecule has 0 radical (unpaired) electrons. The normalized spacial score (nSPS) is 10.9. The molecule has 2 heterocycles. The molecule has 0 saturated heterocycles. The van der Waals surface area contributed by atoms with Crippen LogP contribution < -0.4 is 15.6 Å². The zero-order chi connectivity index (χ0) is 21.1. The zero-order valence-electron chi connectivity index (χ0n) is 16.1. The Morgan fingerprint density at radius 3 is 2.73 bits per heavy atom. The molecule has 0 spiro atoms. The van der Waals surface area contributed by atoms with Gasteiger partial charge in [0.05, 0.1) is 12.8 Å². The molecule has 2 aromatic carbocycles. The van der Waals surface area contributed by atoms with Crippen molar-refractivity contribution in [1.29, 1.82) is 0 Å². The van der Waals surface area contributed by atoms with Crippen LogP contribution in [0.4, 0.5) is 4.39 Å². The van der Waals surface area contributed by atoms with Crippen LogP contribution in [0.25, 0.3) is 16.8 Å². The van der Waals surface area contributed by atoms with Crippen molar-refractivity contribution in [2.24, 2.45) is 0 Å². The third kappa shape index (κ3) is 4.04. The first kappa shape index (κ1) is 19.3. The molecule has 0 unspecified atom stereocenters. The Morgan fingerprint density at radius 2 is 1.97 bits per heavy atom. The lowest BCUT2D eigenvalue weighted by Gasteiger charge is -2.08. The van der Waals surface area contributed by atoms with E-state index in [0.717, 1.165) is 10.2 Å². The van der Waals surface area contributed by atoms with Crippen LogP contribution in [-0.2, 0) is 17.9 Å². The fourth-order valence-corrected chi connectivity index (χ4v) is 2.99. The second-order valence-corrected chi connectivity index (χ2v) is 6.59. The van der Waals surface area contributed by atoms with Crippen LogP contribution in [0.3, 0.4) is 0 Å². The summed E-state index contributed by atoms with van der Waals surface area (Å²) in [5.41, 5.74) is 1.87. The number of nitrogens with one attached hydrogen (secondary N) is 1. The Bertz CT molecular complexity index is 1260. The van der Waals surface area contributed by atoms with E-state index in [2.05, 4.69) is 15.5 Å². The van der Waals surface area contributed by atoms with Crippen molar-refractivity contribution in [3.63, 3.8) is 0 Å². The predicted molar refractivity (Wildman–Crippen MR) is 107 cm³/mol. The van der Waals surface area contributed by atoms with Gasteiger partial charge >= 0.3 is 0 Å². The molecule has 1 amide bonds. The van der Waals surface area contributed by atoms with Crippen LogP contribution in [0.15, 0.2) is 65.7 Å². The number of aromatic nitrogens is 4. The van der Waals surface area contributed by atoms with E-state index in [4.69, 9.17) is 4.74 Å². The number of rotatable bonds is 6. The molecule has 1 N–H and O–H groups in total. The summed E-state index contributed by atoms with van der Waals surface area (Å²) < 4.78 is 20.7. The number of fused-ring (bicyclic) bond motifs is 1. The highest BCUT2D eigenvalue weighted by Crippen LogP contribution is 2.18. The van der Waals surface area contributed by atoms with Gasteiger partial charge in [-0.1, -0.05) is 12.1 Å². The summed E-state index contributed by atoms with van der Waals surface area (Å²) >= 11 is 0.